The van der Waals surface area contributed by atoms with E-state index in [-0.39, 0.29) is 18.2 Å². The molecule has 0 fully saturated rings. The van der Waals surface area contributed by atoms with E-state index in [1.165, 1.54) is 15.6 Å². The number of hydrogen-bond donors (Lipinski definition) is 1. The van der Waals surface area contributed by atoms with Crippen LogP contribution in [0.2, 0.25) is 0 Å². The van der Waals surface area contributed by atoms with Crippen LogP contribution in [0.3, 0.4) is 0 Å². The Morgan fingerprint density at radius 1 is 1.16 bits per heavy atom. The Labute approximate surface area is 192 Å². The number of aromatic nitrogens is 1. The van der Waals surface area contributed by atoms with Gasteiger partial charge < -0.3 is 10.5 Å². The number of pyridine rings is 1. The molecular formula is C27H24N2O2S. The number of carbonyl (C=O) groups is 1. The van der Waals surface area contributed by atoms with E-state index in [4.69, 9.17) is 10.5 Å². The molecule has 0 unspecified atom stereocenters. The van der Waals surface area contributed by atoms with Gasteiger partial charge in [-0.1, -0.05) is 30.2 Å². The first-order chi connectivity index (χ1) is 15.5. The summed E-state index contributed by atoms with van der Waals surface area (Å²) in [5.74, 6) is 6.14. The number of amides is 1. The van der Waals surface area contributed by atoms with Crippen LogP contribution in [0.15, 0.2) is 66.2 Å². The quantitative estimate of drug-likeness (QED) is 0.368. The number of fused-ring (bicyclic) bond motifs is 1. The van der Waals surface area contributed by atoms with Gasteiger partial charge in [0.25, 0.3) is 0 Å². The maximum atomic E-state index is 11.3. The molecule has 2 N–H and O–H groups in total. The van der Waals surface area contributed by atoms with Crippen LogP contribution >= 0.6 is 11.3 Å². The Bertz CT molecular complexity index is 1310. The van der Waals surface area contributed by atoms with Crippen molar-refractivity contribution < 1.29 is 9.53 Å². The van der Waals surface area contributed by atoms with Crippen molar-refractivity contribution in [3.8, 4) is 28.7 Å². The van der Waals surface area contributed by atoms with E-state index in [1.54, 1.807) is 18.3 Å². The summed E-state index contributed by atoms with van der Waals surface area (Å²) in [6, 6.07) is 18.2. The van der Waals surface area contributed by atoms with Gasteiger partial charge in [-0.25, -0.2) is 0 Å². The van der Waals surface area contributed by atoms with Gasteiger partial charge in [-0.2, -0.15) is 0 Å². The normalized spacial score (nSPS) is 11.6. The van der Waals surface area contributed by atoms with E-state index < -0.39 is 0 Å². The van der Waals surface area contributed by atoms with Gasteiger partial charge in [0.1, 0.15) is 12.4 Å². The van der Waals surface area contributed by atoms with Crippen LogP contribution in [0.1, 0.15) is 36.1 Å². The van der Waals surface area contributed by atoms with Crippen molar-refractivity contribution in [3.63, 3.8) is 0 Å². The minimum atomic E-state index is -0.359. The number of rotatable bonds is 7. The lowest BCUT2D eigenvalue weighted by molar-refractivity contribution is -0.118. The average Bonchev–Trinajstić information content (AvgIpc) is 3.21. The molecule has 0 saturated heterocycles. The Morgan fingerprint density at radius 3 is 2.69 bits per heavy atom. The van der Waals surface area contributed by atoms with Gasteiger partial charge in [0.05, 0.1) is 5.92 Å². The number of aryl methyl sites for hydroxylation is 1. The highest BCUT2D eigenvalue weighted by atomic mass is 32.1. The maximum Gasteiger partial charge on any atom is 0.219 e. The van der Waals surface area contributed by atoms with Crippen LogP contribution in [-0.2, 0) is 11.4 Å². The van der Waals surface area contributed by atoms with Crippen molar-refractivity contribution in [2.75, 3.05) is 0 Å². The smallest absolute Gasteiger partial charge is 0.219 e. The van der Waals surface area contributed by atoms with Gasteiger partial charge >= 0.3 is 0 Å². The summed E-state index contributed by atoms with van der Waals surface area (Å²) in [4.78, 5) is 15.8. The fraction of sp³-hybridized carbons (Fsp3) is 0.185. The van der Waals surface area contributed by atoms with Crippen LogP contribution in [-0.4, -0.2) is 10.9 Å². The number of nitrogens with zero attached hydrogens (tertiary/aromatic N) is 1. The van der Waals surface area contributed by atoms with Gasteiger partial charge in [-0.05, 0) is 60.7 Å². The third-order valence-electron chi connectivity index (χ3n) is 5.35. The van der Waals surface area contributed by atoms with Crippen LogP contribution in [0.25, 0.3) is 21.2 Å². The molecule has 0 spiro atoms. The molecule has 5 heteroatoms. The molecule has 1 amide bonds. The molecule has 2 aromatic carbocycles. The Hall–Kier alpha value is -3.62. The molecule has 4 nitrogen and oxygen atoms in total. The lowest BCUT2D eigenvalue weighted by Gasteiger charge is -2.11. The summed E-state index contributed by atoms with van der Waals surface area (Å²) in [6.07, 6.45) is 2.03. The molecule has 0 aliphatic heterocycles. The second-order valence-electron chi connectivity index (χ2n) is 7.59. The van der Waals surface area contributed by atoms with Gasteiger partial charge in [-0.3, -0.25) is 9.78 Å². The fourth-order valence-electron chi connectivity index (χ4n) is 3.73. The van der Waals surface area contributed by atoms with E-state index in [0.717, 1.165) is 28.1 Å². The van der Waals surface area contributed by atoms with E-state index in [0.29, 0.717) is 6.61 Å². The van der Waals surface area contributed by atoms with Crippen molar-refractivity contribution in [1.82, 2.24) is 4.98 Å². The topological polar surface area (TPSA) is 65.2 Å². The van der Waals surface area contributed by atoms with Crippen molar-refractivity contribution in [2.24, 2.45) is 5.73 Å². The number of hydrogen-bond acceptors (Lipinski definition) is 4. The zero-order chi connectivity index (χ0) is 22.5. The van der Waals surface area contributed by atoms with E-state index in [9.17, 15) is 4.79 Å². The largest absolute Gasteiger partial charge is 0.489 e. The molecule has 0 radical (unpaired) electrons. The third kappa shape index (κ3) is 4.82. The standard InChI is InChI=1S/C27H24N2O2S/c1-3-5-21(15-27(28)30)20-8-10-22(11-9-20)31-16-19-7-12-26-24(14-19)25(17-32-26)23-6-4-13-29-18(23)2/h4,6-14,17,21H,15-16H2,1-2H3,(H2,28,30)/t21-/m0/s1. The van der Waals surface area contributed by atoms with E-state index in [2.05, 4.69) is 46.5 Å². The third-order valence-corrected chi connectivity index (χ3v) is 6.31. The highest BCUT2D eigenvalue weighted by Crippen LogP contribution is 2.35. The highest BCUT2D eigenvalue weighted by Gasteiger charge is 2.13. The monoisotopic (exact) mass is 440 g/mol. The first-order valence-electron chi connectivity index (χ1n) is 10.4. The van der Waals surface area contributed by atoms with Crippen molar-refractivity contribution in [1.29, 1.82) is 0 Å². The second-order valence-corrected chi connectivity index (χ2v) is 8.50. The fourth-order valence-corrected chi connectivity index (χ4v) is 4.68. The van der Waals surface area contributed by atoms with Crippen LogP contribution < -0.4 is 10.5 Å². The number of thiophene rings is 1. The first kappa shape index (κ1) is 21.6. The summed E-state index contributed by atoms with van der Waals surface area (Å²) < 4.78 is 7.27. The minimum absolute atomic E-state index is 0.193. The molecule has 1 atom stereocenters. The predicted molar refractivity (Wildman–Crippen MR) is 131 cm³/mol. The second kappa shape index (κ2) is 9.67. The van der Waals surface area contributed by atoms with Crippen LogP contribution in [0, 0.1) is 18.8 Å². The number of benzene rings is 2. The lowest BCUT2D eigenvalue weighted by Crippen LogP contribution is -2.14. The number of primary amides is 1. The predicted octanol–water partition coefficient (Wildman–Crippen LogP) is 5.83. The van der Waals surface area contributed by atoms with Gasteiger partial charge in [0.2, 0.25) is 5.91 Å². The molecular weight excluding hydrogens is 416 g/mol. The van der Waals surface area contributed by atoms with Crippen molar-refractivity contribution in [2.45, 2.75) is 32.8 Å². The zero-order valence-electron chi connectivity index (χ0n) is 18.1. The molecule has 0 aliphatic carbocycles. The van der Waals surface area contributed by atoms with E-state index >= 15 is 0 Å². The Kier molecular flexibility index (Phi) is 6.53. The summed E-state index contributed by atoms with van der Waals surface area (Å²) in [7, 11) is 0. The molecule has 2 aromatic heterocycles. The summed E-state index contributed by atoms with van der Waals surface area (Å²) in [5.41, 5.74) is 10.8. The minimum Gasteiger partial charge on any atom is -0.489 e. The molecule has 160 valence electrons. The number of ether oxygens (including phenoxy) is 1. The van der Waals surface area contributed by atoms with Crippen LogP contribution in [0.4, 0.5) is 0 Å². The van der Waals surface area contributed by atoms with Crippen molar-refractivity contribution in [3.05, 3.63) is 83.0 Å². The summed E-state index contributed by atoms with van der Waals surface area (Å²) in [5, 5.41) is 3.41. The first-order valence-corrected chi connectivity index (χ1v) is 11.3. The zero-order valence-corrected chi connectivity index (χ0v) is 18.9. The van der Waals surface area contributed by atoms with E-state index in [1.807, 2.05) is 43.5 Å². The van der Waals surface area contributed by atoms with Gasteiger partial charge in [-0.15, -0.1) is 17.3 Å². The molecule has 0 bridgehead atoms. The highest BCUT2D eigenvalue weighted by molar-refractivity contribution is 7.17. The molecule has 32 heavy (non-hydrogen) atoms. The Balaban J connectivity index is 1.51. The Morgan fingerprint density at radius 2 is 1.97 bits per heavy atom. The molecule has 4 aromatic rings. The number of carbonyl (C=O) groups excluding carboxylic acids is 1. The summed E-state index contributed by atoms with van der Waals surface area (Å²) >= 11 is 1.74. The summed E-state index contributed by atoms with van der Waals surface area (Å²) in [6.45, 7) is 4.27. The van der Waals surface area contributed by atoms with Gasteiger partial charge in [0, 0.05) is 39.5 Å². The van der Waals surface area contributed by atoms with Gasteiger partial charge in [0.15, 0.2) is 0 Å². The molecule has 4 rings (SSSR count). The average molecular weight is 441 g/mol. The van der Waals surface area contributed by atoms with Crippen LogP contribution in [0.5, 0.6) is 5.75 Å². The number of nitrogens with two attached hydrogens (primary N) is 1. The molecule has 0 saturated carbocycles. The molecule has 2 heterocycles. The SMILES string of the molecule is CC#C[C@@H](CC(N)=O)c1ccc(OCc2ccc3scc(-c4cccnc4C)c3c2)cc1. The lowest BCUT2D eigenvalue weighted by atomic mass is 9.96. The molecule has 0 aliphatic rings. The maximum absolute atomic E-state index is 11.3. The van der Waals surface area contributed by atoms with Crippen molar-refractivity contribution >= 4 is 27.3 Å².